The van der Waals surface area contributed by atoms with Crippen LogP contribution in [0.4, 0.5) is 0 Å². The molecular weight excluding hydrogens is 214 g/mol. The Bertz CT molecular complexity index is 417. The van der Waals surface area contributed by atoms with E-state index >= 15 is 0 Å². The predicted molar refractivity (Wildman–Crippen MR) is 67.0 cm³/mol. The van der Waals surface area contributed by atoms with Crippen molar-refractivity contribution in [2.24, 2.45) is 0 Å². The fourth-order valence-corrected chi connectivity index (χ4v) is 2.15. The van der Waals surface area contributed by atoms with E-state index in [4.69, 9.17) is 4.74 Å². The summed E-state index contributed by atoms with van der Waals surface area (Å²) in [5, 5.41) is 0. The van der Waals surface area contributed by atoms with Crippen molar-refractivity contribution < 1.29 is 4.74 Å². The second-order valence-corrected chi connectivity index (χ2v) is 4.45. The van der Waals surface area contributed by atoms with Gasteiger partial charge in [0.05, 0.1) is 12.3 Å². The van der Waals surface area contributed by atoms with Crippen LogP contribution in [0.15, 0.2) is 18.5 Å². The molecule has 1 aromatic rings. The maximum atomic E-state index is 5.56. The first-order chi connectivity index (χ1) is 8.20. The van der Waals surface area contributed by atoms with Crippen LogP contribution in [0.25, 0.3) is 0 Å². The zero-order valence-corrected chi connectivity index (χ0v) is 10.6. The summed E-state index contributed by atoms with van der Waals surface area (Å²) in [6.45, 7) is 11.5. The number of ether oxygens (including phenoxy) is 1. The molecule has 0 atom stereocenters. The number of hydrogen-bond acceptors (Lipinski definition) is 4. The van der Waals surface area contributed by atoms with Gasteiger partial charge < -0.3 is 4.74 Å². The Morgan fingerprint density at radius 3 is 3.06 bits per heavy atom. The summed E-state index contributed by atoms with van der Waals surface area (Å²) in [5.74, 6) is 0.740. The highest BCUT2D eigenvalue weighted by Crippen LogP contribution is 2.24. The highest BCUT2D eigenvalue weighted by molar-refractivity contribution is 5.31. The highest BCUT2D eigenvalue weighted by atomic mass is 16.5. The molecule has 2 heterocycles. The molecule has 0 radical (unpaired) electrons. The van der Waals surface area contributed by atoms with Crippen molar-refractivity contribution in [3.63, 3.8) is 0 Å². The maximum absolute atomic E-state index is 5.56. The van der Waals surface area contributed by atoms with E-state index in [2.05, 4.69) is 28.4 Å². The van der Waals surface area contributed by atoms with Gasteiger partial charge in [0.25, 0.3) is 0 Å². The van der Waals surface area contributed by atoms with Gasteiger partial charge in [0.1, 0.15) is 6.33 Å². The number of rotatable bonds is 4. The van der Waals surface area contributed by atoms with Crippen LogP contribution < -0.4 is 4.74 Å². The fourth-order valence-electron chi connectivity index (χ4n) is 2.15. The van der Waals surface area contributed by atoms with Gasteiger partial charge in [-0.05, 0) is 13.8 Å². The molecule has 0 N–H and O–H groups in total. The minimum atomic E-state index is 0.643. The molecule has 92 valence electrons. The van der Waals surface area contributed by atoms with Gasteiger partial charge in [0, 0.05) is 31.6 Å². The predicted octanol–water partition coefficient (Wildman–Crippen LogP) is 1.81. The Morgan fingerprint density at radius 1 is 1.53 bits per heavy atom. The van der Waals surface area contributed by atoms with Crippen LogP contribution in [-0.4, -0.2) is 34.6 Å². The molecule has 1 aliphatic rings. The Labute approximate surface area is 102 Å². The topological polar surface area (TPSA) is 38.2 Å². The number of hydrogen-bond donors (Lipinski definition) is 0. The first kappa shape index (κ1) is 12.0. The lowest BCUT2D eigenvalue weighted by atomic mass is 10.1. The average molecular weight is 233 g/mol. The van der Waals surface area contributed by atoms with Crippen molar-refractivity contribution >= 4 is 0 Å². The average Bonchev–Trinajstić information content (AvgIpc) is 2.29. The van der Waals surface area contributed by atoms with Crippen molar-refractivity contribution in [2.45, 2.75) is 26.8 Å². The van der Waals surface area contributed by atoms with Crippen molar-refractivity contribution in [3.05, 3.63) is 29.7 Å². The number of nitrogens with zero attached hydrogens (tertiary/aromatic N) is 3. The molecule has 0 aromatic carbocycles. The second kappa shape index (κ2) is 5.27. The van der Waals surface area contributed by atoms with E-state index in [9.17, 15) is 0 Å². The van der Waals surface area contributed by atoms with Crippen LogP contribution in [0.2, 0.25) is 0 Å². The van der Waals surface area contributed by atoms with Gasteiger partial charge in [-0.3, -0.25) is 4.90 Å². The Balaban J connectivity index is 2.19. The Hall–Kier alpha value is -1.42. The lowest BCUT2D eigenvalue weighted by molar-refractivity contribution is 0.256. The van der Waals surface area contributed by atoms with E-state index < -0.39 is 0 Å². The van der Waals surface area contributed by atoms with Crippen LogP contribution in [-0.2, 0) is 13.0 Å². The molecule has 0 amide bonds. The van der Waals surface area contributed by atoms with Gasteiger partial charge in [-0.1, -0.05) is 12.2 Å². The quantitative estimate of drug-likeness (QED) is 0.743. The molecule has 0 saturated carbocycles. The van der Waals surface area contributed by atoms with Crippen LogP contribution in [0.5, 0.6) is 5.88 Å². The standard InChI is InChI=1S/C13H19N3O/c1-4-17-13-11-8-16(7-10(2)3)6-5-12(11)14-9-15-13/h9H,2,4-8H2,1,3H3. The van der Waals surface area contributed by atoms with Crippen LogP contribution in [0.1, 0.15) is 25.1 Å². The molecule has 0 spiro atoms. The third-order valence-corrected chi connectivity index (χ3v) is 2.82. The first-order valence-corrected chi connectivity index (χ1v) is 6.03. The van der Waals surface area contributed by atoms with E-state index in [0.29, 0.717) is 6.61 Å². The Morgan fingerprint density at radius 2 is 2.35 bits per heavy atom. The molecule has 4 nitrogen and oxygen atoms in total. The summed E-state index contributed by atoms with van der Waals surface area (Å²) in [6.07, 6.45) is 2.56. The lowest BCUT2D eigenvalue weighted by Gasteiger charge is -2.28. The number of aromatic nitrogens is 2. The molecule has 1 aromatic heterocycles. The summed E-state index contributed by atoms with van der Waals surface area (Å²) in [4.78, 5) is 10.9. The summed E-state index contributed by atoms with van der Waals surface area (Å²) < 4.78 is 5.56. The fraction of sp³-hybridized carbons (Fsp3) is 0.538. The molecule has 0 fully saturated rings. The summed E-state index contributed by atoms with van der Waals surface area (Å²) in [6, 6.07) is 0. The molecule has 0 bridgehead atoms. The monoisotopic (exact) mass is 233 g/mol. The summed E-state index contributed by atoms with van der Waals surface area (Å²) >= 11 is 0. The van der Waals surface area contributed by atoms with Gasteiger partial charge in [-0.25, -0.2) is 9.97 Å². The highest BCUT2D eigenvalue weighted by Gasteiger charge is 2.21. The summed E-state index contributed by atoms with van der Waals surface area (Å²) in [7, 11) is 0. The normalized spacial score (nSPS) is 15.4. The minimum Gasteiger partial charge on any atom is -0.478 e. The lowest BCUT2D eigenvalue weighted by Crippen LogP contribution is -2.32. The van der Waals surface area contributed by atoms with Gasteiger partial charge in [0.2, 0.25) is 5.88 Å². The SMILES string of the molecule is C=C(C)CN1CCc2ncnc(OCC)c2C1. The van der Waals surface area contributed by atoms with Crippen LogP contribution >= 0.6 is 0 Å². The molecule has 0 unspecified atom stereocenters. The maximum Gasteiger partial charge on any atom is 0.221 e. The smallest absolute Gasteiger partial charge is 0.221 e. The van der Waals surface area contributed by atoms with Crippen molar-refractivity contribution in [3.8, 4) is 5.88 Å². The van der Waals surface area contributed by atoms with Crippen LogP contribution in [0.3, 0.4) is 0 Å². The van der Waals surface area contributed by atoms with E-state index in [1.165, 1.54) is 5.57 Å². The van der Waals surface area contributed by atoms with Crippen molar-refractivity contribution in [1.82, 2.24) is 14.9 Å². The third kappa shape index (κ3) is 2.82. The van der Waals surface area contributed by atoms with Gasteiger partial charge >= 0.3 is 0 Å². The van der Waals surface area contributed by atoms with Gasteiger partial charge in [-0.15, -0.1) is 0 Å². The van der Waals surface area contributed by atoms with Crippen LogP contribution in [0, 0.1) is 0 Å². The molecule has 4 heteroatoms. The van der Waals surface area contributed by atoms with Crippen molar-refractivity contribution in [1.29, 1.82) is 0 Å². The zero-order valence-electron chi connectivity index (χ0n) is 10.6. The van der Waals surface area contributed by atoms with E-state index in [1.54, 1.807) is 6.33 Å². The number of fused-ring (bicyclic) bond motifs is 1. The Kier molecular flexibility index (Phi) is 3.74. The minimum absolute atomic E-state index is 0.643. The first-order valence-electron chi connectivity index (χ1n) is 6.03. The largest absolute Gasteiger partial charge is 0.478 e. The van der Waals surface area contributed by atoms with Gasteiger partial charge in [0.15, 0.2) is 0 Å². The zero-order chi connectivity index (χ0) is 12.3. The molecule has 1 aliphatic heterocycles. The van der Waals surface area contributed by atoms with Gasteiger partial charge in [-0.2, -0.15) is 0 Å². The molecule has 17 heavy (non-hydrogen) atoms. The molecule has 0 aliphatic carbocycles. The molecule has 0 saturated heterocycles. The van der Waals surface area contributed by atoms with E-state index in [1.807, 2.05) is 6.92 Å². The van der Waals surface area contributed by atoms with Crippen molar-refractivity contribution in [2.75, 3.05) is 19.7 Å². The van der Waals surface area contributed by atoms with E-state index in [0.717, 1.165) is 43.2 Å². The third-order valence-electron chi connectivity index (χ3n) is 2.82. The summed E-state index contributed by atoms with van der Waals surface area (Å²) in [5.41, 5.74) is 3.45. The molecular formula is C13H19N3O. The second-order valence-electron chi connectivity index (χ2n) is 4.45. The van der Waals surface area contributed by atoms with E-state index in [-0.39, 0.29) is 0 Å². The molecule has 2 rings (SSSR count).